The van der Waals surface area contributed by atoms with Gasteiger partial charge in [0.25, 0.3) is 0 Å². The minimum absolute atomic E-state index is 0.694. The Bertz CT molecular complexity index is 266. The van der Waals surface area contributed by atoms with Crippen LogP contribution >= 0.6 is 0 Å². The molecule has 6 atom stereocenters. The van der Waals surface area contributed by atoms with Gasteiger partial charge in [0.05, 0.1) is 0 Å². The maximum absolute atomic E-state index is 3.60. The number of hydrogen-bond donors (Lipinski definition) is 1. The van der Waals surface area contributed by atoms with Crippen molar-refractivity contribution in [3.8, 4) is 0 Å². The van der Waals surface area contributed by atoms with Gasteiger partial charge in [-0.2, -0.15) is 0 Å². The van der Waals surface area contributed by atoms with Crippen LogP contribution in [0, 0.1) is 17.8 Å². The average Bonchev–Trinajstić information content (AvgIpc) is 2.29. The van der Waals surface area contributed by atoms with Gasteiger partial charge in [-0.3, -0.25) is 4.90 Å². The predicted octanol–water partition coefficient (Wildman–Crippen LogP) is 3.13. The first-order chi connectivity index (χ1) is 8.52. The Hall–Kier alpha value is -0.0800. The molecule has 0 radical (unpaired) electrons. The Labute approximate surface area is 114 Å². The van der Waals surface area contributed by atoms with Gasteiger partial charge in [0.1, 0.15) is 0 Å². The molecule has 2 fully saturated rings. The fourth-order valence-electron chi connectivity index (χ4n) is 4.55. The Kier molecular flexibility index (Phi) is 4.71. The predicted molar refractivity (Wildman–Crippen MR) is 78.8 cm³/mol. The summed E-state index contributed by atoms with van der Waals surface area (Å²) in [6.07, 6.45) is 5.53. The molecule has 1 N–H and O–H groups in total. The smallest absolute Gasteiger partial charge is 0.0277 e. The molecule has 6 unspecified atom stereocenters. The Morgan fingerprint density at radius 1 is 0.944 bits per heavy atom. The lowest BCUT2D eigenvalue weighted by atomic mass is 9.74. The van der Waals surface area contributed by atoms with Gasteiger partial charge in [0.15, 0.2) is 0 Å². The fourth-order valence-corrected chi connectivity index (χ4v) is 4.55. The second-order valence-corrected chi connectivity index (χ2v) is 7.16. The van der Waals surface area contributed by atoms with Crippen molar-refractivity contribution in [3.05, 3.63) is 0 Å². The second-order valence-electron chi connectivity index (χ2n) is 7.16. The molecule has 2 heteroatoms. The van der Waals surface area contributed by atoms with E-state index >= 15 is 0 Å². The summed E-state index contributed by atoms with van der Waals surface area (Å²) in [5.41, 5.74) is 0. The maximum Gasteiger partial charge on any atom is 0.0277 e. The van der Waals surface area contributed by atoms with Crippen molar-refractivity contribution in [3.63, 3.8) is 0 Å². The number of rotatable bonds is 2. The minimum atomic E-state index is 0.694. The van der Waals surface area contributed by atoms with Gasteiger partial charge in [-0.1, -0.05) is 20.8 Å². The minimum Gasteiger partial charge on any atom is -0.315 e. The van der Waals surface area contributed by atoms with E-state index in [1.165, 1.54) is 32.2 Å². The summed E-state index contributed by atoms with van der Waals surface area (Å²) >= 11 is 0. The van der Waals surface area contributed by atoms with E-state index in [9.17, 15) is 0 Å². The van der Waals surface area contributed by atoms with Crippen LogP contribution in [0.15, 0.2) is 0 Å². The highest BCUT2D eigenvalue weighted by molar-refractivity contribution is 4.96. The lowest BCUT2D eigenvalue weighted by molar-refractivity contribution is 0.00774. The summed E-state index contributed by atoms with van der Waals surface area (Å²) in [6, 6.07) is 2.22. The molecule has 18 heavy (non-hydrogen) atoms. The fraction of sp³-hybridized carbons (Fsp3) is 1.00. The molecule has 2 rings (SSSR count). The highest BCUT2D eigenvalue weighted by Crippen LogP contribution is 2.36. The zero-order valence-corrected chi connectivity index (χ0v) is 12.9. The van der Waals surface area contributed by atoms with Crippen molar-refractivity contribution < 1.29 is 0 Å². The van der Waals surface area contributed by atoms with Gasteiger partial charge in [-0.05, 0) is 64.0 Å². The van der Waals surface area contributed by atoms with Crippen molar-refractivity contribution in [2.45, 2.75) is 71.5 Å². The van der Waals surface area contributed by atoms with Crippen LogP contribution in [0.1, 0.15) is 53.4 Å². The van der Waals surface area contributed by atoms with Gasteiger partial charge < -0.3 is 5.32 Å². The normalized spacial score (nSPS) is 47.2. The van der Waals surface area contributed by atoms with Crippen LogP contribution in [0.3, 0.4) is 0 Å². The Balaban J connectivity index is 2.09. The monoisotopic (exact) mass is 252 g/mol. The van der Waals surface area contributed by atoms with E-state index < -0.39 is 0 Å². The van der Waals surface area contributed by atoms with Crippen LogP contribution in [-0.2, 0) is 0 Å². The molecule has 1 saturated heterocycles. The van der Waals surface area contributed by atoms with E-state index in [0.29, 0.717) is 6.04 Å². The zero-order chi connectivity index (χ0) is 13.3. The topological polar surface area (TPSA) is 15.3 Å². The van der Waals surface area contributed by atoms with Gasteiger partial charge >= 0.3 is 0 Å². The summed E-state index contributed by atoms with van der Waals surface area (Å²) in [4.78, 5) is 2.82. The summed E-state index contributed by atoms with van der Waals surface area (Å²) in [7, 11) is 2.15. The molecule has 0 bridgehead atoms. The summed E-state index contributed by atoms with van der Waals surface area (Å²) in [6.45, 7) is 11.0. The first kappa shape index (κ1) is 14.3. The molecule has 0 spiro atoms. The molecule has 106 valence electrons. The van der Waals surface area contributed by atoms with Crippen molar-refractivity contribution in [1.29, 1.82) is 0 Å². The third kappa shape index (κ3) is 2.91. The SMILES string of the molecule is CNC1CC(C)CC(C)C1N1CCC(C)CC1C. The molecule has 1 aliphatic carbocycles. The molecular formula is C16H32N2. The van der Waals surface area contributed by atoms with E-state index in [2.05, 4.69) is 45.0 Å². The number of nitrogens with one attached hydrogen (secondary N) is 1. The van der Waals surface area contributed by atoms with Crippen molar-refractivity contribution in [2.24, 2.45) is 17.8 Å². The van der Waals surface area contributed by atoms with E-state index in [1.54, 1.807) is 0 Å². The molecule has 2 nitrogen and oxygen atoms in total. The average molecular weight is 252 g/mol. The van der Waals surface area contributed by atoms with Crippen LogP contribution in [-0.4, -0.2) is 36.6 Å². The summed E-state index contributed by atoms with van der Waals surface area (Å²) in [5.74, 6) is 2.64. The Morgan fingerprint density at radius 3 is 2.28 bits per heavy atom. The highest BCUT2D eigenvalue weighted by Gasteiger charge is 2.39. The first-order valence-corrected chi connectivity index (χ1v) is 7.96. The largest absolute Gasteiger partial charge is 0.315 e. The molecule has 0 aromatic carbocycles. The van der Waals surface area contributed by atoms with Crippen molar-refractivity contribution in [1.82, 2.24) is 10.2 Å². The van der Waals surface area contributed by atoms with E-state index in [1.807, 2.05) is 0 Å². The number of likely N-dealkylation sites (tertiary alicyclic amines) is 1. The molecule has 0 aromatic heterocycles. The summed E-state index contributed by atoms with van der Waals surface area (Å²) < 4.78 is 0. The van der Waals surface area contributed by atoms with Crippen LogP contribution in [0.4, 0.5) is 0 Å². The van der Waals surface area contributed by atoms with Crippen LogP contribution in [0.5, 0.6) is 0 Å². The molecule has 1 saturated carbocycles. The molecule has 0 amide bonds. The van der Waals surface area contributed by atoms with Crippen LogP contribution < -0.4 is 5.32 Å². The molecule has 0 aromatic rings. The van der Waals surface area contributed by atoms with Gasteiger partial charge in [0, 0.05) is 18.1 Å². The molecule has 1 heterocycles. The van der Waals surface area contributed by atoms with Crippen molar-refractivity contribution >= 4 is 0 Å². The number of piperidine rings is 1. The van der Waals surface area contributed by atoms with E-state index in [4.69, 9.17) is 0 Å². The number of hydrogen-bond acceptors (Lipinski definition) is 2. The quantitative estimate of drug-likeness (QED) is 0.812. The zero-order valence-electron chi connectivity index (χ0n) is 12.9. The second kappa shape index (κ2) is 5.92. The molecule has 1 aliphatic heterocycles. The summed E-state index contributed by atoms with van der Waals surface area (Å²) in [5, 5.41) is 3.60. The lowest BCUT2D eigenvalue weighted by Crippen LogP contribution is -2.59. The van der Waals surface area contributed by atoms with Crippen molar-refractivity contribution in [2.75, 3.05) is 13.6 Å². The van der Waals surface area contributed by atoms with E-state index in [-0.39, 0.29) is 0 Å². The molecule has 2 aliphatic rings. The number of nitrogens with zero attached hydrogens (tertiary/aromatic N) is 1. The van der Waals surface area contributed by atoms with Gasteiger partial charge in [0.2, 0.25) is 0 Å². The first-order valence-electron chi connectivity index (χ1n) is 7.96. The van der Waals surface area contributed by atoms with E-state index in [0.717, 1.165) is 29.8 Å². The van der Waals surface area contributed by atoms with Gasteiger partial charge in [-0.15, -0.1) is 0 Å². The van der Waals surface area contributed by atoms with Crippen LogP contribution in [0.25, 0.3) is 0 Å². The van der Waals surface area contributed by atoms with Gasteiger partial charge in [-0.25, -0.2) is 0 Å². The highest BCUT2D eigenvalue weighted by atomic mass is 15.2. The lowest BCUT2D eigenvalue weighted by Gasteiger charge is -2.50. The number of likely N-dealkylation sites (N-methyl/N-ethyl adjacent to an activating group) is 1. The Morgan fingerprint density at radius 2 is 1.67 bits per heavy atom. The maximum atomic E-state index is 3.60. The third-order valence-electron chi connectivity index (χ3n) is 5.37. The third-order valence-corrected chi connectivity index (χ3v) is 5.37. The standard InChI is InChI=1S/C16H32N2/c1-11-6-7-18(14(4)9-11)16-13(3)8-12(2)10-15(16)17-5/h11-17H,6-10H2,1-5H3. The molecular weight excluding hydrogens is 220 g/mol. The van der Waals surface area contributed by atoms with Crippen LogP contribution in [0.2, 0.25) is 0 Å².